The normalized spacial score (nSPS) is 15.8. The summed E-state index contributed by atoms with van der Waals surface area (Å²) >= 11 is 0. The van der Waals surface area contributed by atoms with Crippen LogP contribution >= 0.6 is 0 Å². The zero-order chi connectivity index (χ0) is 18.3. The van der Waals surface area contributed by atoms with Gasteiger partial charge in [-0.05, 0) is 48.7 Å². The second-order valence-electron chi connectivity index (χ2n) is 6.77. The van der Waals surface area contributed by atoms with Crippen molar-refractivity contribution >= 4 is 23.0 Å². The fourth-order valence-corrected chi connectivity index (χ4v) is 3.67. The highest BCUT2D eigenvalue weighted by Gasteiger charge is 2.33. The molecule has 2 N–H and O–H groups in total. The van der Waals surface area contributed by atoms with Gasteiger partial charge in [0.05, 0.1) is 17.6 Å². The lowest BCUT2D eigenvalue weighted by atomic mass is 9.92. The Morgan fingerprint density at radius 1 is 1.31 bits per heavy atom. The third kappa shape index (κ3) is 2.83. The molecule has 0 aliphatic carbocycles. The van der Waals surface area contributed by atoms with Gasteiger partial charge < -0.3 is 10.6 Å². The number of aromatic nitrogens is 2. The van der Waals surface area contributed by atoms with Gasteiger partial charge in [-0.15, -0.1) is 0 Å². The molecule has 0 fully saturated rings. The summed E-state index contributed by atoms with van der Waals surface area (Å²) in [5.74, 6) is -0.692. The van der Waals surface area contributed by atoms with Crippen LogP contribution in [0, 0.1) is 13.8 Å². The van der Waals surface area contributed by atoms with Gasteiger partial charge in [0.25, 0.3) is 0 Å². The zero-order valence-corrected chi connectivity index (χ0v) is 14.7. The van der Waals surface area contributed by atoms with E-state index in [9.17, 15) is 9.59 Å². The van der Waals surface area contributed by atoms with Gasteiger partial charge in [-0.25, -0.2) is 4.52 Å². The standard InChI is InChI=1S/C20H20N4O2/c1-12-7-13(2)19-15(20(26)23-16(19)8-12)9-18(25)21-10-14-11-22-24-6-4-3-5-17(14)24/h3-8,11,15H,9-10H2,1-2H3,(H,21,25)(H,23,26). The van der Waals surface area contributed by atoms with E-state index in [0.717, 1.165) is 33.5 Å². The number of carbonyl (C=O) groups is 2. The predicted octanol–water partition coefficient (Wildman–Crippen LogP) is 2.69. The van der Waals surface area contributed by atoms with Gasteiger partial charge in [0.2, 0.25) is 11.8 Å². The Kier molecular flexibility index (Phi) is 3.95. The number of rotatable bonds is 4. The van der Waals surface area contributed by atoms with E-state index in [1.807, 2.05) is 50.4 Å². The first-order valence-corrected chi connectivity index (χ1v) is 8.63. The number of nitrogens with zero attached hydrogens (tertiary/aromatic N) is 2. The number of carbonyl (C=O) groups excluding carboxylic acids is 2. The van der Waals surface area contributed by atoms with E-state index >= 15 is 0 Å². The van der Waals surface area contributed by atoms with Crippen LogP contribution in [0.5, 0.6) is 0 Å². The first-order chi connectivity index (χ1) is 12.5. The maximum absolute atomic E-state index is 12.4. The summed E-state index contributed by atoms with van der Waals surface area (Å²) in [5.41, 5.74) is 5.81. The monoisotopic (exact) mass is 348 g/mol. The van der Waals surface area contributed by atoms with E-state index in [1.54, 1.807) is 10.7 Å². The van der Waals surface area contributed by atoms with Crippen molar-refractivity contribution in [2.24, 2.45) is 0 Å². The minimum absolute atomic E-state index is 0.111. The number of anilines is 1. The summed E-state index contributed by atoms with van der Waals surface area (Å²) in [6.07, 6.45) is 3.76. The molecule has 0 radical (unpaired) electrons. The molecule has 26 heavy (non-hydrogen) atoms. The van der Waals surface area contributed by atoms with Gasteiger partial charge >= 0.3 is 0 Å². The average molecular weight is 348 g/mol. The van der Waals surface area contributed by atoms with Crippen LogP contribution in [0.1, 0.15) is 34.6 Å². The number of pyridine rings is 1. The van der Waals surface area contributed by atoms with Crippen molar-refractivity contribution < 1.29 is 9.59 Å². The molecule has 3 aromatic rings. The summed E-state index contributed by atoms with van der Waals surface area (Å²) in [5, 5.41) is 10.1. The van der Waals surface area contributed by atoms with Crippen molar-refractivity contribution in [3.63, 3.8) is 0 Å². The number of fused-ring (bicyclic) bond motifs is 2. The van der Waals surface area contributed by atoms with Crippen LogP contribution in [-0.4, -0.2) is 21.4 Å². The first kappa shape index (κ1) is 16.3. The van der Waals surface area contributed by atoms with Gasteiger partial charge in [0.1, 0.15) is 0 Å². The molecule has 1 aliphatic rings. The second-order valence-corrected chi connectivity index (χ2v) is 6.77. The van der Waals surface area contributed by atoms with E-state index in [0.29, 0.717) is 6.54 Å². The molecular weight excluding hydrogens is 328 g/mol. The van der Waals surface area contributed by atoms with Crippen molar-refractivity contribution in [3.8, 4) is 0 Å². The molecule has 2 amide bonds. The van der Waals surface area contributed by atoms with Gasteiger partial charge in [-0.1, -0.05) is 12.1 Å². The largest absolute Gasteiger partial charge is 0.352 e. The minimum Gasteiger partial charge on any atom is -0.352 e. The minimum atomic E-state index is -0.436. The van der Waals surface area contributed by atoms with Crippen molar-refractivity contribution in [2.75, 3.05) is 5.32 Å². The molecule has 132 valence electrons. The lowest BCUT2D eigenvalue weighted by Crippen LogP contribution is -2.26. The Balaban J connectivity index is 1.47. The maximum atomic E-state index is 12.4. The first-order valence-electron chi connectivity index (χ1n) is 8.63. The smallest absolute Gasteiger partial charge is 0.232 e. The van der Waals surface area contributed by atoms with Crippen LogP contribution in [0.4, 0.5) is 5.69 Å². The number of hydrogen-bond donors (Lipinski definition) is 2. The molecule has 0 bridgehead atoms. The molecule has 1 aromatic carbocycles. The molecule has 2 aromatic heterocycles. The highest BCUT2D eigenvalue weighted by atomic mass is 16.2. The number of hydrogen-bond acceptors (Lipinski definition) is 3. The molecule has 3 heterocycles. The number of nitrogens with one attached hydrogen (secondary N) is 2. The number of benzene rings is 1. The molecule has 0 saturated carbocycles. The van der Waals surface area contributed by atoms with Gasteiger partial charge in [0, 0.05) is 30.4 Å². The topological polar surface area (TPSA) is 75.5 Å². The molecule has 1 aliphatic heterocycles. The lowest BCUT2D eigenvalue weighted by Gasteiger charge is -2.12. The van der Waals surface area contributed by atoms with Crippen LogP contribution in [0.15, 0.2) is 42.7 Å². The van der Waals surface area contributed by atoms with E-state index in [4.69, 9.17) is 0 Å². The average Bonchev–Trinajstić information content (AvgIpc) is 3.14. The maximum Gasteiger partial charge on any atom is 0.232 e. The van der Waals surface area contributed by atoms with E-state index < -0.39 is 5.92 Å². The third-order valence-corrected chi connectivity index (χ3v) is 4.83. The molecule has 1 unspecified atom stereocenters. The third-order valence-electron chi connectivity index (χ3n) is 4.83. The Morgan fingerprint density at radius 3 is 3.00 bits per heavy atom. The van der Waals surface area contributed by atoms with Crippen molar-refractivity contribution in [2.45, 2.75) is 32.7 Å². The zero-order valence-electron chi connectivity index (χ0n) is 14.7. The Bertz CT molecular complexity index is 1020. The summed E-state index contributed by atoms with van der Waals surface area (Å²) in [7, 11) is 0. The van der Waals surface area contributed by atoms with Gasteiger partial charge in [-0.2, -0.15) is 5.10 Å². The van der Waals surface area contributed by atoms with Gasteiger partial charge in [0.15, 0.2) is 0 Å². The van der Waals surface area contributed by atoms with Crippen molar-refractivity contribution in [3.05, 3.63) is 65.0 Å². The molecule has 1 atom stereocenters. The Hall–Kier alpha value is -3.15. The fraction of sp³-hybridized carbons (Fsp3) is 0.250. The fourth-order valence-electron chi connectivity index (χ4n) is 3.67. The predicted molar refractivity (Wildman–Crippen MR) is 98.9 cm³/mol. The summed E-state index contributed by atoms with van der Waals surface area (Å²) in [6.45, 7) is 4.37. The van der Waals surface area contributed by atoms with Crippen LogP contribution in [0.25, 0.3) is 5.52 Å². The molecular formula is C20H20N4O2. The van der Waals surface area contributed by atoms with E-state index in [1.165, 1.54) is 0 Å². The molecule has 0 spiro atoms. The van der Waals surface area contributed by atoms with E-state index in [-0.39, 0.29) is 18.2 Å². The number of aryl methyl sites for hydroxylation is 2. The summed E-state index contributed by atoms with van der Waals surface area (Å²) < 4.78 is 1.77. The SMILES string of the molecule is Cc1cc(C)c2c(c1)NC(=O)C2CC(=O)NCc1cnn2ccccc12. The van der Waals surface area contributed by atoms with Crippen molar-refractivity contribution in [1.29, 1.82) is 0 Å². The van der Waals surface area contributed by atoms with Crippen LogP contribution < -0.4 is 10.6 Å². The van der Waals surface area contributed by atoms with Crippen LogP contribution in [0.2, 0.25) is 0 Å². The highest BCUT2D eigenvalue weighted by molar-refractivity contribution is 6.05. The Morgan fingerprint density at radius 2 is 2.15 bits per heavy atom. The number of amides is 2. The molecule has 6 heteroatoms. The van der Waals surface area contributed by atoms with Crippen LogP contribution in [-0.2, 0) is 16.1 Å². The lowest BCUT2D eigenvalue weighted by molar-refractivity contribution is -0.125. The van der Waals surface area contributed by atoms with Crippen molar-refractivity contribution in [1.82, 2.24) is 14.9 Å². The quantitative estimate of drug-likeness (QED) is 0.761. The Labute approximate surface area is 151 Å². The highest BCUT2D eigenvalue weighted by Crippen LogP contribution is 2.37. The summed E-state index contributed by atoms with van der Waals surface area (Å²) in [6, 6.07) is 9.80. The van der Waals surface area contributed by atoms with E-state index in [2.05, 4.69) is 15.7 Å². The second kappa shape index (κ2) is 6.29. The summed E-state index contributed by atoms with van der Waals surface area (Å²) in [4.78, 5) is 24.8. The van der Waals surface area contributed by atoms with Crippen LogP contribution in [0.3, 0.4) is 0 Å². The van der Waals surface area contributed by atoms with Gasteiger partial charge in [-0.3, -0.25) is 9.59 Å². The molecule has 4 rings (SSSR count). The molecule has 0 saturated heterocycles. The molecule has 6 nitrogen and oxygen atoms in total.